The van der Waals surface area contributed by atoms with E-state index < -0.39 is 15.6 Å². The molecule has 0 heterocycles. The van der Waals surface area contributed by atoms with Crippen LogP contribution in [-0.4, -0.2) is 18.4 Å². The second-order valence-corrected chi connectivity index (χ2v) is 9.60. The van der Waals surface area contributed by atoms with Crippen molar-refractivity contribution in [2.75, 3.05) is 0 Å². The second kappa shape index (κ2) is 17.5. The van der Waals surface area contributed by atoms with Gasteiger partial charge in [-0.05, 0) is 55.4 Å². The van der Waals surface area contributed by atoms with Gasteiger partial charge in [0.2, 0.25) is 0 Å². The predicted molar refractivity (Wildman–Crippen MR) is 120 cm³/mol. The first kappa shape index (κ1) is 29.9. The molecular weight excluding hydrogens is 407 g/mol. The Morgan fingerprint density at radius 3 is 1.83 bits per heavy atom. The average Bonchev–Trinajstić information content (AvgIpc) is 2.68. The summed E-state index contributed by atoms with van der Waals surface area (Å²) in [5, 5.41) is 0. The van der Waals surface area contributed by atoms with Crippen LogP contribution in [0.1, 0.15) is 109 Å². The summed E-state index contributed by atoms with van der Waals surface area (Å²) in [6, 6.07) is 5.86. The molecule has 0 N–H and O–H groups in total. The summed E-state index contributed by atoms with van der Waals surface area (Å²) < 4.78 is 40.1. The minimum Gasteiger partial charge on any atom is -0.745 e. The van der Waals surface area contributed by atoms with Crippen LogP contribution in [0.15, 0.2) is 18.2 Å². The number of rotatable bonds is 17. The van der Waals surface area contributed by atoms with E-state index in [0.29, 0.717) is 12.2 Å². The molecule has 4 nitrogen and oxygen atoms in total. The first-order chi connectivity index (χ1) is 13.9. The van der Waals surface area contributed by atoms with Gasteiger partial charge < -0.3 is 9.29 Å². The zero-order valence-electron chi connectivity index (χ0n) is 19.8. The van der Waals surface area contributed by atoms with Gasteiger partial charge in [0.1, 0.15) is 15.9 Å². The van der Waals surface area contributed by atoms with E-state index in [2.05, 4.69) is 19.9 Å². The summed E-state index contributed by atoms with van der Waals surface area (Å²) in [5.74, 6) is 0.501. The average molecular weight is 449 g/mol. The molecule has 1 rings (SSSR count). The summed E-state index contributed by atoms with van der Waals surface area (Å²) in [5.41, 5.74) is 1.28. The van der Waals surface area contributed by atoms with Crippen LogP contribution in [0.4, 0.5) is 0 Å². The van der Waals surface area contributed by atoms with Crippen LogP contribution in [0.2, 0.25) is 0 Å². The van der Waals surface area contributed by atoms with Crippen molar-refractivity contribution < 1.29 is 47.3 Å². The fourth-order valence-corrected chi connectivity index (χ4v) is 4.39. The Kier molecular flexibility index (Phi) is 17.4. The molecule has 0 aliphatic rings. The van der Waals surface area contributed by atoms with Crippen molar-refractivity contribution in [3.63, 3.8) is 0 Å². The molecular formula is C24H41NaO4S. The van der Waals surface area contributed by atoms with E-state index in [1.165, 1.54) is 68.9 Å². The minimum atomic E-state index is -4.47. The summed E-state index contributed by atoms with van der Waals surface area (Å²) in [6.07, 6.45) is 15.2. The van der Waals surface area contributed by atoms with Gasteiger partial charge in [-0.15, -0.1) is 0 Å². The Bertz CT molecular complexity index is 661. The van der Waals surface area contributed by atoms with Crippen LogP contribution in [-0.2, 0) is 23.0 Å². The van der Waals surface area contributed by atoms with Gasteiger partial charge in [0.05, 0.1) is 0 Å². The molecule has 0 aliphatic heterocycles. The van der Waals surface area contributed by atoms with Crippen molar-refractivity contribution in [1.29, 1.82) is 0 Å². The Hall–Kier alpha value is -0.0700. The van der Waals surface area contributed by atoms with Crippen LogP contribution >= 0.6 is 0 Å². The Morgan fingerprint density at radius 2 is 1.33 bits per heavy atom. The minimum absolute atomic E-state index is 0. The van der Waals surface area contributed by atoms with Crippen molar-refractivity contribution >= 4 is 10.1 Å². The molecule has 0 aromatic heterocycles. The molecule has 168 valence electrons. The Morgan fingerprint density at radius 1 is 0.800 bits per heavy atom. The SMILES string of the molecule is CCCCCCCc1ccc(OC(CCC)S(=O)(=O)[O-])cc1CCCCCCC.[Na+]. The van der Waals surface area contributed by atoms with E-state index in [4.69, 9.17) is 4.74 Å². The maximum absolute atomic E-state index is 11.5. The molecule has 0 radical (unpaired) electrons. The van der Waals surface area contributed by atoms with Crippen LogP contribution < -0.4 is 34.3 Å². The topological polar surface area (TPSA) is 66.4 Å². The molecule has 1 atom stereocenters. The van der Waals surface area contributed by atoms with Crippen LogP contribution in [0.25, 0.3) is 0 Å². The molecule has 0 fully saturated rings. The van der Waals surface area contributed by atoms with Crippen molar-refractivity contribution in [3.8, 4) is 5.75 Å². The summed E-state index contributed by atoms with van der Waals surface area (Å²) >= 11 is 0. The molecule has 0 bridgehead atoms. The van der Waals surface area contributed by atoms with Gasteiger partial charge in [0, 0.05) is 0 Å². The second-order valence-electron chi connectivity index (χ2n) is 8.09. The van der Waals surface area contributed by atoms with E-state index >= 15 is 0 Å². The number of benzene rings is 1. The number of hydrogen-bond donors (Lipinski definition) is 0. The molecule has 0 aliphatic carbocycles. The largest absolute Gasteiger partial charge is 1.00 e. The monoisotopic (exact) mass is 448 g/mol. The quantitative estimate of drug-likeness (QED) is 0.207. The maximum Gasteiger partial charge on any atom is 1.00 e. The Balaban J connectivity index is 0.00000841. The number of ether oxygens (including phenoxy) is 1. The molecule has 1 aromatic rings. The zero-order valence-corrected chi connectivity index (χ0v) is 22.6. The summed E-state index contributed by atoms with van der Waals surface area (Å²) in [4.78, 5) is 0. The van der Waals surface area contributed by atoms with Crippen LogP contribution in [0, 0.1) is 0 Å². The van der Waals surface area contributed by atoms with Crippen LogP contribution in [0.5, 0.6) is 5.75 Å². The summed E-state index contributed by atoms with van der Waals surface area (Å²) in [7, 11) is -4.47. The smallest absolute Gasteiger partial charge is 0.745 e. The van der Waals surface area contributed by atoms with Gasteiger partial charge in [-0.25, -0.2) is 8.42 Å². The van der Waals surface area contributed by atoms with E-state index in [9.17, 15) is 13.0 Å². The van der Waals surface area contributed by atoms with Gasteiger partial charge in [0.15, 0.2) is 5.44 Å². The van der Waals surface area contributed by atoms with Crippen molar-refractivity contribution in [3.05, 3.63) is 29.3 Å². The fourth-order valence-electron chi connectivity index (χ4n) is 3.64. The number of hydrogen-bond acceptors (Lipinski definition) is 4. The molecule has 0 spiro atoms. The number of unbranched alkanes of at least 4 members (excludes halogenated alkanes) is 8. The van der Waals surface area contributed by atoms with Gasteiger partial charge in [0.25, 0.3) is 0 Å². The fraction of sp³-hybridized carbons (Fsp3) is 0.750. The first-order valence-electron chi connectivity index (χ1n) is 11.7. The molecule has 0 saturated heterocycles. The standard InChI is InChI=1S/C24H42O4S.Na/c1-4-7-9-11-13-16-21-18-19-23(28-24(15-6-3)29(25,26)27)20-22(21)17-14-12-10-8-5-2;/h18-20,24H,4-17H2,1-3H3,(H,25,26,27);/q;+1/p-1. The van der Waals surface area contributed by atoms with E-state index in [0.717, 1.165) is 19.3 Å². The van der Waals surface area contributed by atoms with E-state index in [1.54, 1.807) is 0 Å². The normalized spacial score (nSPS) is 12.4. The molecule has 1 unspecified atom stereocenters. The van der Waals surface area contributed by atoms with Crippen molar-refractivity contribution in [1.82, 2.24) is 0 Å². The van der Waals surface area contributed by atoms with Crippen molar-refractivity contribution in [2.45, 2.75) is 116 Å². The first-order valence-corrected chi connectivity index (χ1v) is 13.1. The van der Waals surface area contributed by atoms with Gasteiger partial charge in [-0.1, -0.05) is 84.6 Å². The molecule has 1 aromatic carbocycles. The van der Waals surface area contributed by atoms with E-state index in [1.807, 2.05) is 19.1 Å². The molecule has 30 heavy (non-hydrogen) atoms. The number of aryl methyl sites for hydroxylation is 2. The third-order valence-electron chi connectivity index (χ3n) is 5.39. The predicted octanol–water partition coefficient (Wildman–Crippen LogP) is 3.77. The van der Waals surface area contributed by atoms with Gasteiger partial charge in [-0.2, -0.15) is 0 Å². The maximum atomic E-state index is 11.5. The zero-order chi connectivity index (χ0) is 21.5. The molecule has 0 amide bonds. The van der Waals surface area contributed by atoms with Gasteiger partial charge in [-0.3, -0.25) is 0 Å². The third-order valence-corrected chi connectivity index (χ3v) is 6.37. The molecule has 0 saturated carbocycles. The van der Waals surface area contributed by atoms with Gasteiger partial charge >= 0.3 is 29.6 Å². The Labute approximate surface area is 207 Å². The van der Waals surface area contributed by atoms with Crippen LogP contribution in [0.3, 0.4) is 0 Å². The molecule has 6 heteroatoms. The third kappa shape index (κ3) is 12.7. The summed E-state index contributed by atoms with van der Waals surface area (Å²) in [6.45, 7) is 6.29. The van der Waals surface area contributed by atoms with E-state index in [-0.39, 0.29) is 36.0 Å². The van der Waals surface area contributed by atoms with Crippen molar-refractivity contribution in [2.24, 2.45) is 0 Å².